The summed E-state index contributed by atoms with van der Waals surface area (Å²) in [4.78, 5) is 76.7. The minimum atomic E-state index is -3.11. The molecule has 0 aromatic heterocycles. The highest BCUT2D eigenvalue weighted by atomic mass is 16.8. The van der Waals surface area contributed by atoms with Gasteiger partial charge in [-0.2, -0.15) is 0 Å². The molecule has 0 unspecified atom stereocenters. The standard InChI is InChI=1S/C67H111N5O49/c1-16(80)68-31-21(85)6-67(66(103)104,121-55(31)36(87)22(86)7-73)106-15-29-40(91)46(97)49(100)63(113-29)116-52-27(12-78)112-61(35(44(52)95)72-20(5)84)120-57-47(98)39(90)25(10-76)110-65(57)119-56-50(101)64(117-53-28(13-79)111-60(34(43(53)94)71-19(4)83)115-51-26(11-77)107-58(102)32(42(51)93)69-17(2)81)114-30(14-105-62-48(99)45(96)38(89)24(9-75)109-62)54(56)118-59-33(70-18(3)82)41(92)37(88)23(8-74)108-59/h21-65,73-79,85-102H,6-15H2,1-5H3,(H,68,80)(H,69,81)(H,70,82)(H,71,83)(H,72,84)(H,103,104)/t21-,22+,23+,24+,25+,26+,27+,28+,29+,30+,31+,32+,33+,34+,35+,36+,37+,38+,39+,40-,41+,42+,43+,44+,45-,46-,47-,48-,49+,50-,51+,52+,53+,54+,55+,56+,57-,58+,59-,60-,61-,62-,63-,64-,65+,67+/m0/s1. The number of aliphatic hydroxyl groups is 25. The number of hydrogen-bond acceptors (Lipinski definition) is 48. The molecule has 5 amide bonds. The van der Waals surface area contributed by atoms with Gasteiger partial charge in [-0.3, -0.25) is 24.0 Å². The number of carbonyl (C=O) groups excluding carboxylic acids is 5. The van der Waals surface area contributed by atoms with Gasteiger partial charge >= 0.3 is 5.97 Å². The first kappa shape index (κ1) is 99.9. The van der Waals surface area contributed by atoms with Crippen LogP contribution in [0.5, 0.6) is 0 Å². The first-order valence-electron chi connectivity index (χ1n) is 38.2. The van der Waals surface area contributed by atoms with Crippen LogP contribution in [-0.2, 0) is 109 Å². The first-order valence-corrected chi connectivity index (χ1v) is 38.2. The van der Waals surface area contributed by atoms with Gasteiger partial charge in [-0.15, -0.1) is 0 Å². The van der Waals surface area contributed by atoms with Crippen molar-refractivity contribution in [3.05, 3.63) is 0 Å². The van der Waals surface area contributed by atoms with Crippen LogP contribution in [0.25, 0.3) is 0 Å². The van der Waals surface area contributed by atoms with Crippen molar-refractivity contribution in [2.24, 2.45) is 0 Å². The van der Waals surface area contributed by atoms with Gasteiger partial charge in [0.15, 0.2) is 50.3 Å². The van der Waals surface area contributed by atoms with E-state index in [1.54, 1.807) is 0 Å². The molecule has 0 aliphatic carbocycles. The minimum Gasteiger partial charge on any atom is -0.477 e. The molecule has 0 bridgehead atoms. The summed E-state index contributed by atoms with van der Waals surface area (Å²) in [5.41, 5.74) is 0. The van der Waals surface area contributed by atoms with Gasteiger partial charge in [-0.25, -0.2) is 4.79 Å². The van der Waals surface area contributed by atoms with E-state index in [2.05, 4.69) is 26.6 Å². The Hall–Kier alpha value is -4.86. The Morgan fingerprint density at radius 2 is 0.686 bits per heavy atom. The van der Waals surface area contributed by atoms with Crippen molar-refractivity contribution >= 4 is 35.5 Å². The van der Waals surface area contributed by atoms with E-state index in [4.69, 9.17) is 80.5 Å². The number of carbonyl (C=O) groups is 6. The summed E-state index contributed by atoms with van der Waals surface area (Å²) in [6, 6.07) is -9.44. The maximum absolute atomic E-state index is 13.3. The van der Waals surface area contributed by atoms with Crippen LogP contribution in [-0.4, -0.2) is 509 Å². The number of ether oxygens (including phenoxy) is 17. The molecular formula is C67H111N5O49. The van der Waals surface area contributed by atoms with Gasteiger partial charge in [0.1, 0.15) is 213 Å². The second-order valence-electron chi connectivity index (χ2n) is 30.4. The molecule has 9 fully saturated rings. The molecule has 0 radical (unpaired) electrons. The smallest absolute Gasteiger partial charge is 0.364 e. The van der Waals surface area contributed by atoms with Crippen LogP contribution >= 0.6 is 0 Å². The minimum absolute atomic E-state index is 0.806. The van der Waals surface area contributed by atoms with Crippen molar-refractivity contribution in [3.8, 4) is 0 Å². The lowest BCUT2D eigenvalue weighted by Gasteiger charge is -2.52. The lowest BCUT2D eigenvalue weighted by Crippen LogP contribution is -2.71. The summed E-state index contributed by atoms with van der Waals surface area (Å²) in [6.07, 6.45) is -89.1. The quantitative estimate of drug-likeness (QED) is 0.0290. The van der Waals surface area contributed by atoms with E-state index < -0.39 is 383 Å². The van der Waals surface area contributed by atoms with E-state index in [1.165, 1.54) is 0 Å². The Labute approximate surface area is 684 Å². The Bertz CT molecular complexity index is 3340. The predicted octanol–water partition coefficient (Wildman–Crippen LogP) is -20.7. The zero-order valence-corrected chi connectivity index (χ0v) is 65.1. The highest BCUT2D eigenvalue weighted by Crippen LogP contribution is 2.42. The lowest BCUT2D eigenvalue weighted by atomic mass is 9.88. The number of aliphatic carboxylic acids is 1. The summed E-state index contributed by atoms with van der Waals surface area (Å²) in [5, 5.41) is 302. The summed E-state index contributed by atoms with van der Waals surface area (Å²) >= 11 is 0. The Morgan fingerprint density at radius 1 is 0.339 bits per heavy atom. The zero-order valence-electron chi connectivity index (χ0n) is 65.1. The molecule has 0 aromatic carbocycles. The monoisotopic (exact) mass is 1770 g/mol. The fraction of sp³-hybridized carbons (Fsp3) is 0.910. The second-order valence-corrected chi connectivity index (χ2v) is 30.4. The van der Waals surface area contributed by atoms with E-state index in [9.17, 15) is 162 Å². The Kier molecular flexibility index (Phi) is 35.7. The molecule has 54 heteroatoms. The molecule has 9 aliphatic rings. The van der Waals surface area contributed by atoms with E-state index in [0.29, 0.717) is 0 Å². The van der Waals surface area contributed by atoms with Crippen LogP contribution in [0.4, 0.5) is 0 Å². The highest BCUT2D eigenvalue weighted by Gasteiger charge is 2.63. The largest absolute Gasteiger partial charge is 0.477 e. The van der Waals surface area contributed by atoms with Crippen LogP contribution in [0.3, 0.4) is 0 Å². The number of amides is 5. The van der Waals surface area contributed by atoms with Gasteiger partial charge in [0.25, 0.3) is 5.79 Å². The number of hydrogen-bond donors (Lipinski definition) is 31. The fourth-order valence-electron chi connectivity index (χ4n) is 15.5. The van der Waals surface area contributed by atoms with Crippen molar-refractivity contribution in [1.29, 1.82) is 0 Å². The van der Waals surface area contributed by atoms with Crippen LogP contribution in [0, 0.1) is 0 Å². The van der Waals surface area contributed by atoms with Crippen molar-refractivity contribution in [3.63, 3.8) is 0 Å². The van der Waals surface area contributed by atoms with Crippen molar-refractivity contribution < 1.29 is 242 Å². The lowest BCUT2D eigenvalue weighted by molar-refractivity contribution is -0.407. The molecule has 46 atom stereocenters. The first-order chi connectivity index (χ1) is 57.0. The summed E-state index contributed by atoms with van der Waals surface area (Å²) < 4.78 is 102. The third-order valence-corrected chi connectivity index (χ3v) is 21.7. The topological polar surface area (TPSA) is 845 Å². The molecule has 0 aromatic rings. The van der Waals surface area contributed by atoms with Crippen LogP contribution < -0.4 is 26.6 Å². The molecule has 0 spiro atoms. The number of aliphatic hydroxyl groups excluding tert-OH is 25. The number of carboxylic acids is 1. The maximum atomic E-state index is 13.3. The predicted molar refractivity (Wildman–Crippen MR) is 372 cm³/mol. The van der Waals surface area contributed by atoms with Gasteiger partial charge in [0.2, 0.25) is 29.5 Å². The zero-order chi connectivity index (χ0) is 89.6. The van der Waals surface area contributed by atoms with Gasteiger partial charge in [0, 0.05) is 41.0 Å². The highest BCUT2D eigenvalue weighted by molar-refractivity contribution is 5.77. The van der Waals surface area contributed by atoms with Crippen molar-refractivity contribution in [2.75, 3.05) is 59.5 Å². The van der Waals surface area contributed by atoms with Crippen LogP contribution in [0.2, 0.25) is 0 Å². The van der Waals surface area contributed by atoms with E-state index in [0.717, 1.165) is 34.6 Å². The van der Waals surface area contributed by atoms with Gasteiger partial charge in [0.05, 0.1) is 71.6 Å². The van der Waals surface area contributed by atoms with E-state index in [-0.39, 0.29) is 0 Å². The van der Waals surface area contributed by atoms with E-state index in [1.807, 2.05) is 0 Å². The molecule has 0 saturated carbocycles. The normalized spacial score (nSPS) is 46.6. The summed E-state index contributed by atoms with van der Waals surface area (Å²) in [7, 11) is 0. The maximum Gasteiger partial charge on any atom is 0.364 e. The van der Waals surface area contributed by atoms with Gasteiger partial charge in [-0.1, -0.05) is 0 Å². The van der Waals surface area contributed by atoms with E-state index >= 15 is 0 Å². The third kappa shape index (κ3) is 22.5. The molecular weight excluding hydrogens is 1660 g/mol. The molecule has 9 rings (SSSR count). The number of nitrogens with one attached hydrogen (secondary N) is 5. The molecule has 9 saturated heterocycles. The number of carboxylic acid groups (broad SMARTS) is 1. The Morgan fingerprint density at radius 3 is 1.16 bits per heavy atom. The average Bonchev–Trinajstić information content (AvgIpc) is 0.762. The van der Waals surface area contributed by atoms with Crippen molar-refractivity contribution in [2.45, 2.75) is 323 Å². The molecule has 31 N–H and O–H groups in total. The Balaban J connectivity index is 1.08. The molecule has 54 nitrogen and oxygen atoms in total. The second kappa shape index (κ2) is 43.3. The number of rotatable bonds is 33. The SMILES string of the molecule is CC(=O)N[C@@H]1[C@@H](O)[C@H](O[C@@H]2O[C@H](CO)[C@@H](O[C@@H]3O[C@H](CO[C@H]4O[C@H](CO)[C@@H](O)[C@H](O)[C@@H]4O)[C@@H](O[C@@H]4O[C@H](CO)[C@@H](O)[C@H](O)[C@H]4NC(C)=O)[C@H](O[C@H]4O[C@H](CO)[C@@H](O)[C@H](O)[C@@H]4O[C@@H]4O[C@H](CO)[C@@H](O[C@@H]5O[C@H](CO[C@]6(C(=O)O)C[C@H](O)[C@@H](NC(C)=O)[C@H]([C@H](O)[C@H](O)CO)O6)[C@H](O)[C@H](O)[C@H]5O)[C@H](O)[C@H]4NC(C)=O)[C@@H]3O)[C@H](O)[C@H]2NC(C)=O)[C@@H](CO)O[C@H]1O. The molecule has 698 valence electrons. The summed E-state index contributed by atoms with van der Waals surface area (Å²) in [5.74, 6) is -9.82. The molecule has 9 aliphatic heterocycles. The third-order valence-electron chi connectivity index (χ3n) is 21.7. The summed E-state index contributed by atoms with van der Waals surface area (Å²) in [6.45, 7) is -5.96. The average molecular weight is 1770 g/mol. The van der Waals surface area contributed by atoms with Crippen LogP contribution in [0.1, 0.15) is 41.0 Å². The van der Waals surface area contributed by atoms with Gasteiger partial charge in [-0.05, 0) is 0 Å². The van der Waals surface area contributed by atoms with Gasteiger partial charge < -0.3 is 240 Å². The molecule has 9 heterocycles. The molecule has 121 heavy (non-hydrogen) atoms. The van der Waals surface area contributed by atoms with Crippen molar-refractivity contribution in [1.82, 2.24) is 26.6 Å². The fourth-order valence-corrected chi connectivity index (χ4v) is 15.5. The van der Waals surface area contributed by atoms with Crippen LogP contribution in [0.15, 0.2) is 0 Å².